The number of morpholine rings is 1. The van der Waals surface area contributed by atoms with Gasteiger partial charge in [0, 0.05) is 36.3 Å². The van der Waals surface area contributed by atoms with E-state index >= 15 is 0 Å². The van der Waals surface area contributed by atoms with E-state index in [1.54, 1.807) is 6.20 Å². The van der Waals surface area contributed by atoms with E-state index in [1.807, 2.05) is 29.3 Å². The van der Waals surface area contributed by atoms with Crippen molar-refractivity contribution in [3.63, 3.8) is 0 Å². The summed E-state index contributed by atoms with van der Waals surface area (Å²) in [5.41, 5.74) is 8.18. The van der Waals surface area contributed by atoms with Crippen molar-refractivity contribution in [2.45, 2.75) is 6.42 Å². The van der Waals surface area contributed by atoms with Gasteiger partial charge < -0.3 is 15.0 Å². The molecule has 0 atom stereocenters. The molecule has 144 valence electrons. The van der Waals surface area contributed by atoms with E-state index in [-0.39, 0.29) is 6.03 Å². The number of H-pyrrole nitrogens is 1. The molecular weight excluding hydrogens is 356 g/mol. The third-order valence-corrected chi connectivity index (χ3v) is 5.32. The molecule has 0 saturated carbocycles. The zero-order valence-corrected chi connectivity index (χ0v) is 15.4. The van der Waals surface area contributed by atoms with Crippen LogP contribution in [-0.2, 0) is 11.2 Å². The summed E-state index contributed by atoms with van der Waals surface area (Å²) >= 11 is 0. The van der Waals surface area contributed by atoms with Crippen LogP contribution in [-0.4, -0.2) is 49.1 Å². The van der Waals surface area contributed by atoms with Crippen molar-refractivity contribution in [2.24, 2.45) is 0 Å². The predicted molar refractivity (Wildman–Crippen MR) is 109 cm³/mol. The lowest BCUT2D eigenvalue weighted by molar-refractivity contribution is 0.122. The fourth-order valence-electron chi connectivity index (χ4n) is 3.98. The number of benzene rings is 2. The second kappa shape index (κ2) is 7.05. The van der Waals surface area contributed by atoms with E-state index < -0.39 is 0 Å². The lowest BCUT2D eigenvalue weighted by atomic mass is 10.1. The van der Waals surface area contributed by atoms with Crippen molar-refractivity contribution in [1.82, 2.24) is 15.6 Å². The van der Waals surface area contributed by atoms with Crippen LogP contribution >= 0.6 is 0 Å². The molecule has 0 spiro atoms. The summed E-state index contributed by atoms with van der Waals surface area (Å²) in [5.74, 6) is 0. The maximum Gasteiger partial charge on any atom is 0.338 e. The number of carbonyl (C=O) groups is 1. The summed E-state index contributed by atoms with van der Waals surface area (Å²) in [5, 5.41) is 12.7. The Balaban J connectivity index is 1.32. The molecule has 0 radical (unpaired) electrons. The normalized spacial score (nSPS) is 16.3. The Labute approximate surface area is 162 Å². The molecule has 8 nitrogen and oxygen atoms in total. The molecule has 3 N–H and O–H groups in total. The molecule has 2 aliphatic heterocycles. The highest BCUT2D eigenvalue weighted by Gasteiger charge is 2.26. The first-order valence-corrected chi connectivity index (χ1v) is 9.51. The fraction of sp³-hybridized carbons (Fsp3) is 0.300. The van der Waals surface area contributed by atoms with Crippen LogP contribution in [0.2, 0.25) is 0 Å². The summed E-state index contributed by atoms with van der Waals surface area (Å²) in [6.45, 7) is 4.07. The molecule has 2 amide bonds. The van der Waals surface area contributed by atoms with Crippen LogP contribution in [0.1, 0.15) is 5.56 Å². The van der Waals surface area contributed by atoms with Crippen LogP contribution in [0.5, 0.6) is 0 Å². The number of hydrogen-bond acceptors (Lipinski definition) is 5. The molecule has 1 aromatic heterocycles. The number of nitrogens with zero attached hydrogens (tertiary/aromatic N) is 3. The number of anilines is 3. The zero-order valence-electron chi connectivity index (χ0n) is 15.4. The molecule has 0 bridgehead atoms. The fourth-order valence-corrected chi connectivity index (χ4v) is 3.98. The van der Waals surface area contributed by atoms with Gasteiger partial charge in [0.15, 0.2) is 0 Å². The number of hydrazine groups is 1. The minimum atomic E-state index is -0.265. The number of nitrogens with one attached hydrogen (secondary N) is 3. The Morgan fingerprint density at radius 3 is 2.79 bits per heavy atom. The zero-order chi connectivity index (χ0) is 18.9. The van der Waals surface area contributed by atoms with Crippen molar-refractivity contribution >= 4 is 34.0 Å². The highest BCUT2D eigenvalue weighted by atomic mass is 16.5. The van der Waals surface area contributed by atoms with Gasteiger partial charge in [0.1, 0.15) is 0 Å². The number of fused-ring (bicyclic) bond motifs is 2. The third-order valence-electron chi connectivity index (χ3n) is 5.32. The summed E-state index contributed by atoms with van der Waals surface area (Å²) in [6, 6.07) is 11.7. The van der Waals surface area contributed by atoms with Crippen LogP contribution in [0.25, 0.3) is 10.9 Å². The van der Waals surface area contributed by atoms with E-state index in [0.29, 0.717) is 0 Å². The minimum absolute atomic E-state index is 0.265. The Morgan fingerprint density at radius 2 is 1.89 bits per heavy atom. The van der Waals surface area contributed by atoms with Gasteiger partial charge in [-0.1, -0.05) is 12.1 Å². The van der Waals surface area contributed by atoms with Crippen LogP contribution in [0.4, 0.5) is 21.9 Å². The number of ether oxygens (including phenoxy) is 1. The molecule has 0 unspecified atom stereocenters. The van der Waals surface area contributed by atoms with E-state index in [2.05, 4.69) is 38.0 Å². The highest BCUT2D eigenvalue weighted by Crippen LogP contribution is 2.35. The summed E-state index contributed by atoms with van der Waals surface area (Å²) in [4.78, 5) is 15.0. The number of hydrogen-bond donors (Lipinski definition) is 3. The first-order valence-electron chi connectivity index (χ1n) is 9.51. The lowest BCUT2D eigenvalue weighted by Gasteiger charge is -2.30. The van der Waals surface area contributed by atoms with Crippen molar-refractivity contribution in [2.75, 3.05) is 48.1 Å². The Kier molecular flexibility index (Phi) is 4.25. The summed E-state index contributed by atoms with van der Waals surface area (Å²) in [6.07, 6.45) is 2.62. The van der Waals surface area contributed by atoms with Gasteiger partial charge in [-0.05, 0) is 30.7 Å². The molecule has 3 heterocycles. The number of amides is 2. The largest absolute Gasteiger partial charge is 0.378 e. The van der Waals surface area contributed by atoms with Gasteiger partial charge in [0.05, 0.1) is 36.3 Å². The second-order valence-corrected chi connectivity index (χ2v) is 6.98. The minimum Gasteiger partial charge on any atom is -0.378 e. The molecule has 2 aliphatic rings. The van der Waals surface area contributed by atoms with Crippen molar-refractivity contribution in [3.8, 4) is 0 Å². The Bertz CT molecular complexity index is 1010. The molecule has 2 aromatic carbocycles. The van der Waals surface area contributed by atoms with E-state index in [0.717, 1.165) is 61.5 Å². The SMILES string of the molecule is O=C(Nc1cccc2[nH]ncc12)NN1CCc2c(N3CCOCC3)cccc21. The van der Waals surface area contributed by atoms with Crippen molar-refractivity contribution in [1.29, 1.82) is 0 Å². The van der Waals surface area contributed by atoms with E-state index in [9.17, 15) is 4.79 Å². The first kappa shape index (κ1) is 16.9. The number of urea groups is 1. The molecule has 1 saturated heterocycles. The molecule has 1 fully saturated rings. The smallest absolute Gasteiger partial charge is 0.338 e. The molecular formula is C20H22N6O2. The number of aromatic nitrogens is 2. The quantitative estimate of drug-likeness (QED) is 0.652. The summed E-state index contributed by atoms with van der Waals surface area (Å²) < 4.78 is 5.47. The topological polar surface area (TPSA) is 85.5 Å². The van der Waals surface area contributed by atoms with Crippen LogP contribution in [0.3, 0.4) is 0 Å². The standard InChI is InChI=1S/C20H22N6O2/c27-20(22-16-3-1-4-17-15(16)13-21-23-17)24-26-8-7-14-18(5-2-6-19(14)26)25-9-11-28-12-10-25/h1-6,13H,7-12H2,(H,21,23)(H2,22,24,27). The highest BCUT2D eigenvalue weighted by molar-refractivity contribution is 6.00. The molecule has 8 heteroatoms. The molecule has 0 aliphatic carbocycles. The Morgan fingerprint density at radius 1 is 1.07 bits per heavy atom. The monoisotopic (exact) mass is 378 g/mol. The van der Waals surface area contributed by atoms with Gasteiger partial charge in [0.2, 0.25) is 0 Å². The third kappa shape index (κ3) is 3.01. The van der Waals surface area contributed by atoms with Gasteiger partial charge in [-0.2, -0.15) is 5.10 Å². The van der Waals surface area contributed by atoms with Gasteiger partial charge in [-0.15, -0.1) is 0 Å². The number of aromatic amines is 1. The van der Waals surface area contributed by atoms with Crippen LogP contribution < -0.4 is 20.7 Å². The lowest BCUT2D eigenvalue weighted by Crippen LogP contribution is -2.43. The van der Waals surface area contributed by atoms with Crippen molar-refractivity contribution in [3.05, 3.63) is 48.2 Å². The van der Waals surface area contributed by atoms with E-state index in [1.165, 1.54) is 11.3 Å². The maximum atomic E-state index is 12.6. The predicted octanol–water partition coefficient (Wildman–Crippen LogP) is 2.50. The van der Waals surface area contributed by atoms with Gasteiger partial charge >= 0.3 is 6.03 Å². The average Bonchev–Trinajstić information content (AvgIpc) is 3.36. The summed E-state index contributed by atoms with van der Waals surface area (Å²) in [7, 11) is 0. The van der Waals surface area contributed by atoms with Crippen LogP contribution in [0, 0.1) is 0 Å². The van der Waals surface area contributed by atoms with Gasteiger partial charge in [-0.3, -0.25) is 10.1 Å². The first-order chi connectivity index (χ1) is 13.8. The second-order valence-electron chi connectivity index (χ2n) is 6.98. The molecule has 28 heavy (non-hydrogen) atoms. The van der Waals surface area contributed by atoms with Crippen molar-refractivity contribution < 1.29 is 9.53 Å². The average molecular weight is 378 g/mol. The van der Waals surface area contributed by atoms with Gasteiger partial charge in [-0.25, -0.2) is 10.2 Å². The maximum absolute atomic E-state index is 12.6. The molecule has 3 aromatic rings. The number of carbonyl (C=O) groups excluding carboxylic acids is 1. The number of rotatable bonds is 3. The van der Waals surface area contributed by atoms with Crippen LogP contribution in [0.15, 0.2) is 42.6 Å². The Hall–Kier alpha value is -3.26. The van der Waals surface area contributed by atoms with E-state index in [4.69, 9.17) is 4.74 Å². The van der Waals surface area contributed by atoms with Gasteiger partial charge in [0.25, 0.3) is 0 Å². The molecule has 5 rings (SSSR count).